The van der Waals surface area contributed by atoms with Crippen molar-refractivity contribution in [2.45, 2.75) is 0 Å². The second-order valence-corrected chi connectivity index (χ2v) is 5.82. The number of aromatic amines is 1. The molecule has 1 amide bonds. The van der Waals surface area contributed by atoms with Gasteiger partial charge in [0.1, 0.15) is 0 Å². The molecule has 2 aromatic heterocycles. The number of carboxylic acid groups (broad SMARTS) is 1. The second kappa shape index (κ2) is 7.05. The van der Waals surface area contributed by atoms with Crippen LogP contribution in [0.15, 0.2) is 30.6 Å². The molecule has 11 heteroatoms. The Kier molecular flexibility index (Phi) is 4.44. The molecule has 4 rings (SSSR count). The molecule has 11 nitrogen and oxygen atoms in total. The number of ether oxygens (including phenoxy) is 2. The highest BCUT2D eigenvalue weighted by molar-refractivity contribution is 5.97. The molecule has 140 valence electrons. The Balaban J connectivity index is 1.53. The molecule has 1 saturated heterocycles. The highest BCUT2D eigenvalue weighted by Crippen LogP contribution is 2.18. The molecule has 0 spiro atoms. The summed E-state index contributed by atoms with van der Waals surface area (Å²) in [4.78, 5) is 30.4. The number of hydrogen-bond donors (Lipinski definition) is 3. The van der Waals surface area contributed by atoms with Gasteiger partial charge in [-0.25, -0.2) is 19.5 Å². The average molecular weight is 372 g/mol. The fraction of sp³-hybridized carbons (Fsp3) is 0.250. The van der Waals surface area contributed by atoms with E-state index >= 15 is 0 Å². The van der Waals surface area contributed by atoms with Crippen LogP contribution in [-0.4, -0.2) is 68.2 Å². The number of amides is 1. The zero-order chi connectivity index (χ0) is 18.8. The van der Waals surface area contributed by atoms with Crippen LogP contribution in [0.4, 0.5) is 4.79 Å². The molecular weight excluding hydrogens is 356 g/mol. The molecule has 0 atom stereocenters. The van der Waals surface area contributed by atoms with Crippen LogP contribution in [0.25, 0.3) is 17.0 Å². The third-order valence-electron chi connectivity index (χ3n) is 3.98. The number of H-pyrrole nitrogens is 1. The van der Waals surface area contributed by atoms with Gasteiger partial charge in [-0.05, 0) is 18.2 Å². The molecular formula is C16H16N6O5. The molecule has 0 saturated carbocycles. The number of nitrogens with zero attached hydrogens (tertiary/aromatic N) is 4. The number of carbonyl (C=O) groups excluding carboxylic acids is 1. The average Bonchev–Trinajstić information content (AvgIpc) is 3.27. The minimum absolute atomic E-state index is 0.0773. The third kappa shape index (κ3) is 3.73. The lowest BCUT2D eigenvalue weighted by atomic mass is 10.2. The summed E-state index contributed by atoms with van der Waals surface area (Å²) in [5, 5.41) is 14.5. The molecule has 0 radical (unpaired) electrons. The Hall–Kier alpha value is -3.44. The van der Waals surface area contributed by atoms with E-state index in [9.17, 15) is 9.59 Å². The first-order valence-corrected chi connectivity index (χ1v) is 8.18. The SMILES string of the molecule is O=C(O)Oc1cnn(-c2nc3cc(C(=O)NN4CCOCC4)ccc3[nH]2)c1. The number of imidazole rings is 1. The lowest BCUT2D eigenvalue weighted by Crippen LogP contribution is -2.48. The van der Waals surface area contributed by atoms with Gasteiger partial charge in [0, 0.05) is 18.7 Å². The molecule has 1 fully saturated rings. The first-order valence-electron chi connectivity index (χ1n) is 8.18. The van der Waals surface area contributed by atoms with Crippen molar-refractivity contribution in [1.29, 1.82) is 0 Å². The van der Waals surface area contributed by atoms with Crippen molar-refractivity contribution in [3.05, 3.63) is 36.2 Å². The Morgan fingerprint density at radius 1 is 1.30 bits per heavy atom. The topological polar surface area (TPSA) is 135 Å². The molecule has 27 heavy (non-hydrogen) atoms. The maximum atomic E-state index is 12.4. The second-order valence-electron chi connectivity index (χ2n) is 5.82. The monoisotopic (exact) mass is 372 g/mol. The van der Waals surface area contributed by atoms with Crippen molar-refractivity contribution in [3.63, 3.8) is 0 Å². The van der Waals surface area contributed by atoms with Crippen molar-refractivity contribution >= 4 is 23.1 Å². The summed E-state index contributed by atoms with van der Waals surface area (Å²) in [5.74, 6) is 0.226. The quantitative estimate of drug-likeness (QED) is 0.572. The minimum atomic E-state index is -1.42. The summed E-state index contributed by atoms with van der Waals surface area (Å²) >= 11 is 0. The van der Waals surface area contributed by atoms with Gasteiger partial charge >= 0.3 is 6.16 Å². The summed E-state index contributed by atoms with van der Waals surface area (Å²) in [7, 11) is 0. The van der Waals surface area contributed by atoms with Crippen molar-refractivity contribution in [2.24, 2.45) is 0 Å². The van der Waals surface area contributed by atoms with Crippen LogP contribution >= 0.6 is 0 Å². The molecule has 0 bridgehead atoms. The van der Waals surface area contributed by atoms with Crippen molar-refractivity contribution in [3.8, 4) is 11.7 Å². The van der Waals surface area contributed by atoms with Gasteiger partial charge in [0.15, 0.2) is 5.75 Å². The highest BCUT2D eigenvalue weighted by atomic mass is 16.7. The van der Waals surface area contributed by atoms with Crippen LogP contribution in [0, 0.1) is 0 Å². The van der Waals surface area contributed by atoms with E-state index in [0.29, 0.717) is 48.8 Å². The van der Waals surface area contributed by atoms with Crippen LogP contribution in [0.2, 0.25) is 0 Å². The van der Waals surface area contributed by atoms with Crippen molar-refractivity contribution in [1.82, 2.24) is 30.2 Å². The van der Waals surface area contributed by atoms with Gasteiger partial charge in [0.2, 0.25) is 5.95 Å². The van der Waals surface area contributed by atoms with E-state index in [-0.39, 0.29) is 11.7 Å². The van der Waals surface area contributed by atoms with Crippen LogP contribution in [-0.2, 0) is 4.74 Å². The number of benzene rings is 1. The van der Waals surface area contributed by atoms with Gasteiger partial charge < -0.3 is 19.6 Å². The number of nitrogens with one attached hydrogen (secondary N) is 2. The van der Waals surface area contributed by atoms with Crippen molar-refractivity contribution in [2.75, 3.05) is 26.3 Å². The van der Waals surface area contributed by atoms with Crippen LogP contribution in [0.3, 0.4) is 0 Å². The summed E-state index contributed by atoms with van der Waals surface area (Å²) in [6.45, 7) is 2.44. The molecule has 3 N–H and O–H groups in total. The number of morpholine rings is 1. The first-order chi connectivity index (χ1) is 13.1. The Morgan fingerprint density at radius 3 is 2.89 bits per heavy atom. The zero-order valence-electron chi connectivity index (χ0n) is 14.1. The largest absolute Gasteiger partial charge is 0.511 e. The van der Waals surface area contributed by atoms with Gasteiger partial charge in [0.25, 0.3) is 5.91 Å². The van der Waals surface area contributed by atoms with E-state index in [1.807, 2.05) is 5.01 Å². The minimum Gasteiger partial charge on any atom is -0.449 e. The van der Waals surface area contributed by atoms with E-state index < -0.39 is 6.16 Å². The van der Waals surface area contributed by atoms with Crippen LogP contribution in [0.1, 0.15) is 10.4 Å². The third-order valence-corrected chi connectivity index (χ3v) is 3.98. The summed E-state index contributed by atoms with van der Waals surface area (Å²) in [5.41, 5.74) is 4.61. The smallest absolute Gasteiger partial charge is 0.449 e. The van der Waals surface area contributed by atoms with Crippen LogP contribution in [0.5, 0.6) is 5.75 Å². The summed E-state index contributed by atoms with van der Waals surface area (Å²) in [6, 6.07) is 5.11. The standard InChI is InChI=1S/C16H16N6O5/c23-14(20-21-3-5-26-6-4-21)10-1-2-12-13(7-10)19-15(18-12)22-9-11(8-17-22)27-16(24)25/h1-2,7-9H,3-6H2,(H,18,19)(H,20,23)(H,24,25). The van der Waals surface area contributed by atoms with E-state index in [1.165, 1.54) is 17.1 Å². The molecule has 1 aliphatic heterocycles. The molecule has 1 aliphatic rings. The number of aromatic nitrogens is 4. The predicted molar refractivity (Wildman–Crippen MR) is 91.7 cm³/mol. The highest BCUT2D eigenvalue weighted by Gasteiger charge is 2.16. The predicted octanol–water partition coefficient (Wildman–Crippen LogP) is 0.782. The Bertz CT molecular complexity index is 990. The zero-order valence-corrected chi connectivity index (χ0v) is 14.1. The lowest BCUT2D eigenvalue weighted by Gasteiger charge is -2.26. The fourth-order valence-electron chi connectivity index (χ4n) is 2.70. The number of fused-ring (bicyclic) bond motifs is 1. The number of carbonyl (C=O) groups is 2. The summed E-state index contributed by atoms with van der Waals surface area (Å²) in [6.07, 6.45) is 1.23. The van der Waals surface area contributed by atoms with E-state index in [2.05, 4.69) is 25.2 Å². The first kappa shape index (κ1) is 17.0. The maximum Gasteiger partial charge on any atom is 0.511 e. The van der Waals surface area contributed by atoms with E-state index in [1.54, 1.807) is 18.2 Å². The number of hydrazine groups is 1. The lowest BCUT2D eigenvalue weighted by molar-refractivity contribution is 0.0126. The molecule has 1 aromatic carbocycles. The Labute approximate surface area is 152 Å². The van der Waals surface area contributed by atoms with Gasteiger partial charge in [-0.2, -0.15) is 5.10 Å². The van der Waals surface area contributed by atoms with Gasteiger partial charge in [-0.1, -0.05) is 0 Å². The van der Waals surface area contributed by atoms with Gasteiger partial charge in [0.05, 0.1) is 36.6 Å². The number of hydrogen-bond acceptors (Lipinski definition) is 7. The van der Waals surface area contributed by atoms with Gasteiger partial charge in [-0.15, -0.1) is 0 Å². The summed E-state index contributed by atoms with van der Waals surface area (Å²) < 4.78 is 11.1. The Morgan fingerprint density at radius 2 is 2.11 bits per heavy atom. The normalized spacial score (nSPS) is 15.0. The van der Waals surface area contributed by atoms with E-state index in [4.69, 9.17) is 9.84 Å². The maximum absolute atomic E-state index is 12.4. The fourth-order valence-corrected chi connectivity index (χ4v) is 2.70. The number of rotatable bonds is 4. The van der Waals surface area contributed by atoms with Crippen molar-refractivity contribution < 1.29 is 24.2 Å². The van der Waals surface area contributed by atoms with Crippen LogP contribution < -0.4 is 10.2 Å². The molecule has 3 heterocycles. The van der Waals surface area contributed by atoms with E-state index in [0.717, 1.165) is 0 Å². The van der Waals surface area contributed by atoms with Gasteiger partial charge in [-0.3, -0.25) is 10.2 Å². The molecule has 0 aliphatic carbocycles. The molecule has 3 aromatic rings. The molecule has 0 unspecified atom stereocenters.